The number of halogens is 4. The number of hydrogen-bond donors (Lipinski definition) is 0. The Morgan fingerprint density at radius 2 is 1.84 bits per heavy atom. The van der Waals surface area contributed by atoms with Gasteiger partial charge in [0, 0.05) is 26.1 Å². The van der Waals surface area contributed by atoms with Crippen molar-refractivity contribution in [1.29, 1.82) is 0 Å². The molecule has 0 N–H and O–H groups in total. The number of hydrogen-bond acceptors (Lipinski definition) is 5. The van der Waals surface area contributed by atoms with Gasteiger partial charge in [-0.05, 0) is 38.5 Å². The lowest BCUT2D eigenvalue weighted by Crippen LogP contribution is -2.30. The first-order valence-electron chi connectivity index (χ1n) is 10.7. The van der Waals surface area contributed by atoms with Crippen molar-refractivity contribution in [2.24, 2.45) is 13.0 Å². The van der Waals surface area contributed by atoms with E-state index in [0.29, 0.717) is 25.9 Å². The van der Waals surface area contributed by atoms with Crippen LogP contribution in [0, 0.1) is 17.6 Å². The smallest absolute Gasteiger partial charge is 0.297 e. The third kappa shape index (κ3) is 5.90. The predicted octanol–water partition coefficient (Wildman–Crippen LogP) is 4.82. The van der Waals surface area contributed by atoms with Gasteiger partial charge >= 0.3 is 0 Å². The Balaban J connectivity index is 1.61. The van der Waals surface area contributed by atoms with E-state index >= 15 is 0 Å². The fourth-order valence-corrected chi connectivity index (χ4v) is 3.96. The molecule has 1 atom stereocenters. The molecule has 0 spiro atoms. The summed E-state index contributed by atoms with van der Waals surface area (Å²) >= 11 is 0. The number of carbonyl (C=O) groups is 1. The van der Waals surface area contributed by atoms with Gasteiger partial charge in [0.2, 0.25) is 0 Å². The fraction of sp³-hybridized carbons (Fsp3) is 0.636. The Hall–Kier alpha value is -2.36. The number of alkyl halides is 2. The number of ether oxygens (including phenoxy) is 3. The van der Waals surface area contributed by atoms with Crippen LogP contribution in [-0.4, -0.2) is 47.2 Å². The Labute approximate surface area is 183 Å². The van der Waals surface area contributed by atoms with Crippen LogP contribution in [0.5, 0.6) is 11.8 Å². The molecule has 0 bridgehead atoms. The van der Waals surface area contributed by atoms with Crippen molar-refractivity contribution in [3.8, 4) is 11.8 Å². The molecule has 0 saturated heterocycles. The molecule has 1 saturated carbocycles. The van der Waals surface area contributed by atoms with Gasteiger partial charge in [-0.3, -0.25) is 4.57 Å². The minimum Gasteiger partial charge on any atom is -0.481 e. The van der Waals surface area contributed by atoms with Crippen molar-refractivity contribution in [3.05, 3.63) is 17.7 Å². The fourth-order valence-electron chi connectivity index (χ4n) is 3.96. The van der Waals surface area contributed by atoms with Gasteiger partial charge in [-0.15, -0.1) is 0 Å². The number of imidazole rings is 1. The van der Waals surface area contributed by atoms with Crippen LogP contribution < -0.4 is 9.47 Å². The molecule has 6 nitrogen and oxygen atoms in total. The molecular formula is C22H28F4N2O4. The second kappa shape index (κ2) is 10.5. The van der Waals surface area contributed by atoms with Gasteiger partial charge in [0.05, 0.1) is 11.6 Å². The second-order valence-corrected chi connectivity index (χ2v) is 8.39. The third-order valence-electron chi connectivity index (χ3n) is 5.47. The normalized spacial score (nSPS) is 20.0. The molecule has 1 aromatic heterocycles. The molecule has 1 fully saturated rings. The summed E-state index contributed by atoms with van der Waals surface area (Å²) in [5.74, 6) is -2.74. The van der Waals surface area contributed by atoms with Crippen molar-refractivity contribution in [2.45, 2.75) is 64.6 Å². The van der Waals surface area contributed by atoms with Gasteiger partial charge in [-0.2, -0.15) is 4.98 Å². The molecule has 32 heavy (non-hydrogen) atoms. The van der Waals surface area contributed by atoms with Gasteiger partial charge < -0.3 is 19.0 Å². The summed E-state index contributed by atoms with van der Waals surface area (Å²) < 4.78 is 71.4. The second-order valence-electron chi connectivity index (χ2n) is 8.39. The zero-order valence-electron chi connectivity index (χ0n) is 18.4. The average molecular weight is 460 g/mol. The largest absolute Gasteiger partial charge is 0.481 e. The summed E-state index contributed by atoms with van der Waals surface area (Å²) in [6.07, 6.45) is 0.520. The highest BCUT2D eigenvalue weighted by Crippen LogP contribution is 2.33. The standard InChI is InChI=1S/C22H28F4N2O4/c1-12(8-13(2)29)10-30-14-4-6-15(7-5-14)32-22-27-17-9-16(23)21(31-11-18(24)25)19(26)20(17)28(22)3/h9,12,14-15,18H,4-8,10-11H2,1-3H3/t12-,14?,15?/m1/s1. The number of benzene rings is 1. The zero-order valence-corrected chi connectivity index (χ0v) is 18.4. The van der Waals surface area contributed by atoms with E-state index in [0.717, 1.165) is 18.9 Å². The summed E-state index contributed by atoms with van der Waals surface area (Å²) in [4.78, 5) is 15.3. The van der Waals surface area contributed by atoms with Crippen LogP contribution in [0.25, 0.3) is 11.0 Å². The summed E-state index contributed by atoms with van der Waals surface area (Å²) in [6, 6.07) is 1.06. The van der Waals surface area contributed by atoms with E-state index < -0.39 is 30.4 Å². The van der Waals surface area contributed by atoms with Gasteiger partial charge in [0.25, 0.3) is 12.4 Å². The average Bonchev–Trinajstić information content (AvgIpc) is 3.01. The molecule has 1 aliphatic carbocycles. The summed E-state index contributed by atoms with van der Waals surface area (Å²) in [5, 5.41) is 0. The van der Waals surface area contributed by atoms with Crippen LogP contribution in [0.2, 0.25) is 0 Å². The quantitative estimate of drug-likeness (QED) is 0.476. The molecule has 0 unspecified atom stereocenters. The maximum atomic E-state index is 14.7. The van der Waals surface area contributed by atoms with Crippen LogP contribution >= 0.6 is 0 Å². The van der Waals surface area contributed by atoms with Gasteiger partial charge in [0.1, 0.15) is 24.0 Å². The summed E-state index contributed by atoms with van der Waals surface area (Å²) in [6.45, 7) is 2.96. The van der Waals surface area contributed by atoms with Crippen LogP contribution in [-0.2, 0) is 16.6 Å². The predicted molar refractivity (Wildman–Crippen MR) is 109 cm³/mol. The molecule has 178 valence electrons. The number of Topliss-reactive ketones (excluding diaryl/α,β-unsaturated/α-hetero) is 1. The van der Waals surface area contributed by atoms with E-state index in [1.807, 2.05) is 6.92 Å². The maximum absolute atomic E-state index is 14.7. The summed E-state index contributed by atoms with van der Waals surface area (Å²) in [7, 11) is 1.51. The third-order valence-corrected chi connectivity index (χ3v) is 5.47. The molecule has 1 heterocycles. The molecular weight excluding hydrogens is 432 g/mol. The van der Waals surface area contributed by atoms with Gasteiger partial charge in [0.15, 0.2) is 17.4 Å². The lowest BCUT2D eigenvalue weighted by Gasteiger charge is -2.29. The molecule has 10 heteroatoms. The lowest BCUT2D eigenvalue weighted by atomic mass is 9.95. The first-order chi connectivity index (χ1) is 15.2. The summed E-state index contributed by atoms with van der Waals surface area (Å²) in [5.41, 5.74) is -0.0690. The van der Waals surface area contributed by atoms with Crippen molar-refractivity contribution in [2.75, 3.05) is 13.2 Å². The van der Waals surface area contributed by atoms with E-state index in [1.165, 1.54) is 11.6 Å². The van der Waals surface area contributed by atoms with E-state index in [2.05, 4.69) is 9.72 Å². The lowest BCUT2D eigenvalue weighted by molar-refractivity contribution is -0.118. The van der Waals surface area contributed by atoms with Crippen molar-refractivity contribution in [1.82, 2.24) is 9.55 Å². The Kier molecular flexibility index (Phi) is 7.97. The number of aryl methyl sites for hydroxylation is 1. The number of aromatic nitrogens is 2. The van der Waals surface area contributed by atoms with E-state index in [1.54, 1.807) is 6.92 Å². The van der Waals surface area contributed by atoms with Crippen LogP contribution in [0.15, 0.2) is 6.07 Å². The number of fused-ring (bicyclic) bond motifs is 1. The first kappa shape index (κ1) is 24.3. The molecule has 2 aromatic rings. The minimum absolute atomic E-state index is 0.0124. The van der Waals surface area contributed by atoms with E-state index in [-0.39, 0.29) is 41.0 Å². The molecule has 1 aromatic carbocycles. The van der Waals surface area contributed by atoms with E-state index in [9.17, 15) is 22.4 Å². The Bertz CT molecular complexity index is 942. The number of rotatable bonds is 10. The molecule has 0 radical (unpaired) electrons. The monoisotopic (exact) mass is 460 g/mol. The van der Waals surface area contributed by atoms with Crippen molar-refractivity contribution < 1.29 is 36.6 Å². The minimum atomic E-state index is -2.86. The van der Waals surface area contributed by atoms with Gasteiger partial charge in [-0.1, -0.05) is 6.92 Å². The first-order valence-corrected chi connectivity index (χ1v) is 10.7. The van der Waals surface area contributed by atoms with Crippen molar-refractivity contribution >= 4 is 16.8 Å². The highest BCUT2D eigenvalue weighted by atomic mass is 19.3. The molecule has 3 rings (SSSR count). The molecule has 0 amide bonds. The zero-order chi connectivity index (χ0) is 23.4. The Morgan fingerprint density at radius 1 is 1.19 bits per heavy atom. The van der Waals surface area contributed by atoms with Crippen LogP contribution in [0.1, 0.15) is 46.0 Å². The molecule has 0 aliphatic heterocycles. The van der Waals surface area contributed by atoms with E-state index in [4.69, 9.17) is 9.47 Å². The van der Waals surface area contributed by atoms with Crippen LogP contribution in [0.3, 0.4) is 0 Å². The number of ketones is 1. The van der Waals surface area contributed by atoms with Crippen LogP contribution in [0.4, 0.5) is 17.6 Å². The number of carbonyl (C=O) groups excluding carboxylic acids is 1. The maximum Gasteiger partial charge on any atom is 0.297 e. The topological polar surface area (TPSA) is 62.6 Å². The van der Waals surface area contributed by atoms with Gasteiger partial charge in [-0.25, -0.2) is 17.6 Å². The Morgan fingerprint density at radius 3 is 2.47 bits per heavy atom. The molecule has 1 aliphatic rings. The SMILES string of the molecule is CC(=O)C[C@@H](C)COC1CCC(Oc2nc3cc(F)c(OCC(F)F)c(F)c3n2C)CC1. The van der Waals surface area contributed by atoms with Crippen molar-refractivity contribution in [3.63, 3.8) is 0 Å². The number of nitrogens with zero attached hydrogens (tertiary/aromatic N) is 2. The highest BCUT2D eigenvalue weighted by molar-refractivity contribution is 5.79. The highest BCUT2D eigenvalue weighted by Gasteiger charge is 2.27.